The van der Waals surface area contributed by atoms with E-state index in [1.165, 1.54) is 0 Å². The van der Waals surface area contributed by atoms with E-state index in [-0.39, 0.29) is 17.6 Å². The number of rotatable bonds is 4. The number of nitrogens with one attached hydrogen (secondary N) is 1. The Hall–Kier alpha value is -3.12. The number of benzene rings is 1. The van der Waals surface area contributed by atoms with Gasteiger partial charge in [-0.1, -0.05) is 18.2 Å². The Morgan fingerprint density at radius 1 is 1.32 bits per heavy atom. The summed E-state index contributed by atoms with van der Waals surface area (Å²) in [4.78, 5) is 23.5. The summed E-state index contributed by atoms with van der Waals surface area (Å²) in [6.07, 6.45) is 3.29. The molecule has 3 heterocycles. The standard InChI is InChI=1S/C25H32N6O2S/c1-25(2,3)33-23(32)28-19-10-7-13-30(16-19)20-11-12-27-22-21(20)31(24(34)29(22)4)15-18-9-6-5-8-17(18)14-26/h5-6,8-9,11-12,19,24,34H,7,10,13,15-16H2,1-4H3,(H,28,32). The lowest BCUT2D eigenvalue weighted by Crippen LogP contribution is -2.49. The number of carbonyl (C=O) groups excluding carboxylic acids is 1. The fraction of sp³-hybridized carbons (Fsp3) is 0.480. The summed E-state index contributed by atoms with van der Waals surface area (Å²) in [6.45, 7) is 7.70. The van der Waals surface area contributed by atoms with Crippen LogP contribution in [-0.2, 0) is 11.3 Å². The number of anilines is 3. The predicted molar refractivity (Wildman–Crippen MR) is 137 cm³/mol. The summed E-state index contributed by atoms with van der Waals surface area (Å²) in [7, 11) is 1.98. The second-order valence-corrected chi connectivity index (χ2v) is 10.2. The van der Waals surface area contributed by atoms with Crippen LogP contribution in [-0.4, -0.2) is 48.4 Å². The maximum absolute atomic E-state index is 12.3. The van der Waals surface area contributed by atoms with Gasteiger partial charge in [-0.25, -0.2) is 9.78 Å². The number of piperidine rings is 1. The third kappa shape index (κ3) is 5.02. The zero-order valence-corrected chi connectivity index (χ0v) is 21.0. The molecule has 9 heteroatoms. The van der Waals surface area contributed by atoms with Crippen molar-refractivity contribution < 1.29 is 9.53 Å². The van der Waals surface area contributed by atoms with E-state index in [4.69, 9.17) is 17.4 Å². The van der Waals surface area contributed by atoms with Crippen LogP contribution in [0.15, 0.2) is 36.5 Å². The molecule has 0 saturated carbocycles. The van der Waals surface area contributed by atoms with Gasteiger partial charge in [0.25, 0.3) is 0 Å². The van der Waals surface area contributed by atoms with Crippen molar-refractivity contribution >= 4 is 35.9 Å². The molecule has 1 amide bonds. The van der Waals surface area contributed by atoms with Gasteiger partial charge in [0.2, 0.25) is 0 Å². The molecule has 1 aromatic heterocycles. The number of amides is 1. The van der Waals surface area contributed by atoms with Gasteiger partial charge in [-0.3, -0.25) is 0 Å². The van der Waals surface area contributed by atoms with E-state index in [2.05, 4.69) is 26.2 Å². The van der Waals surface area contributed by atoms with Crippen molar-refractivity contribution in [2.75, 3.05) is 34.8 Å². The number of pyridine rings is 1. The van der Waals surface area contributed by atoms with Crippen LogP contribution >= 0.6 is 12.6 Å². The number of aromatic nitrogens is 1. The molecule has 1 N–H and O–H groups in total. The summed E-state index contributed by atoms with van der Waals surface area (Å²) >= 11 is 4.87. The summed E-state index contributed by atoms with van der Waals surface area (Å²) in [5.74, 6) is 0.856. The zero-order valence-electron chi connectivity index (χ0n) is 20.2. The van der Waals surface area contributed by atoms with Crippen molar-refractivity contribution in [3.63, 3.8) is 0 Å². The number of nitrogens with zero attached hydrogens (tertiary/aromatic N) is 5. The Kier molecular flexibility index (Phi) is 6.80. The van der Waals surface area contributed by atoms with Crippen molar-refractivity contribution in [3.8, 4) is 6.07 Å². The maximum atomic E-state index is 12.3. The average Bonchev–Trinajstić information content (AvgIpc) is 3.03. The fourth-order valence-electron chi connectivity index (χ4n) is 4.56. The van der Waals surface area contributed by atoms with Gasteiger partial charge in [-0.2, -0.15) is 5.26 Å². The van der Waals surface area contributed by atoms with Crippen molar-refractivity contribution in [1.82, 2.24) is 10.3 Å². The second-order valence-electron chi connectivity index (χ2n) is 9.79. The third-order valence-corrected chi connectivity index (χ3v) is 6.72. The van der Waals surface area contributed by atoms with E-state index in [9.17, 15) is 10.1 Å². The van der Waals surface area contributed by atoms with Crippen LogP contribution in [0.1, 0.15) is 44.7 Å². The quantitative estimate of drug-likeness (QED) is 0.637. The van der Waals surface area contributed by atoms with Gasteiger partial charge < -0.3 is 24.8 Å². The van der Waals surface area contributed by atoms with Crippen molar-refractivity contribution in [2.45, 2.75) is 57.3 Å². The highest BCUT2D eigenvalue weighted by Crippen LogP contribution is 2.46. The third-order valence-electron chi connectivity index (χ3n) is 6.09. The molecular formula is C25H32N6O2S. The van der Waals surface area contributed by atoms with Crippen LogP contribution in [0, 0.1) is 11.3 Å². The average molecular weight is 481 g/mol. The lowest BCUT2D eigenvalue weighted by atomic mass is 10.0. The largest absolute Gasteiger partial charge is 0.444 e. The normalized spacial score (nSPS) is 20.1. The van der Waals surface area contributed by atoms with Crippen LogP contribution < -0.4 is 20.0 Å². The van der Waals surface area contributed by atoms with Gasteiger partial charge >= 0.3 is 6.09 Å². The SMILES string of the molecule is CN1c2nccc(N3CCCC(NC(=O)OC(C)(C)C)C3)c2N(Cc2ccccc2C#N)C1S. The van der Waals surface area contributed by atoms with E-state index >= 15 is 0 Å². The number of alkyl carbamates (subject to hydrolysis) is 1. The molecule has 0 spiro atoms. The number of thiol groups is 1. The lowest BCUT2D eigenvalue weighted by Gasteiger charge is -2.37. The smallest absolute Gasteiger partial charge is 0.407 e. The second kappa shape index (κ2) is 9.63. The first-order valence-corrected chi connectivity index (χ1v) is 12.1. The molecule has 1 fully saturated rings. The monoisotopic (exact) mass is 480 g/mol. The van der Waals surface area contributed by atoms with Crippen LogP contribution in [0.5, 0.6) is 0 Å². The molecule has 2 unspecified atom stereocenters. The van der Waals surface area contributed by atoms with Gasteiger partial charge in [0.05, 0.1) is 17.3 Å². The van der Waals surface area contributed by atoms with Gasteiger partial charge in [0.1, 0.15) is 16.8 Å². The Morgan fingerprint density at radius 3 is 2.82 bits per heavy atom. The summed E-state index contributed by atoms with van der Waals surface area (Å²) in [5.41, 5.74) is 2.91. The Balaban J connectivity index is 1.60. The van der Waals surface area contributed by atoms with Crippen LogP contribution in [0.2, 0.25) is 0 Å². The highest BCUT2D eigenvalue weighted by molar-refractivity contribution is 7.81. The van der Waals surface area contributed by atoms with Gasteiger partial charge in [-0.05, 0) is 51.3 Å². The highest BCUT2D eigenvalue weighted by atomic mass is 32.1. The number of hydrogen-bond donors (Lipinski definition) is 2. The van der Waals surface area contributed by atoms with E-state index in [1.807, 2.05) is 69.2 Å². The molecule has 0 radical (unpaired) electrons. The molecule has 8 nitrogen and oxygen atoms in total. The Morgan fingerprint density at radius 2 is 2.09 bits per heavy atom. The van der Waals surface area contributed by atoms with Gasteiger partial charge in [-0.15, -0.1) is 12.6 Å². The minimum Gasteiger partial charge on any atom is -0.444 e. The first-order chi connectivity index (χ1) is 16.2. The predicted octanol–water partition coefficient (Wildman–Crippen LogP) is 4.12. The number of ether oxygens (including phenoxy) is 1. The number of carbonyl (C=O) groups is 1. The first kappa shape index (κ1) is 24.0. The molecule has 1 aromatic carbocycles. The molecule has 2 atom stereocenters. The zero-order chi connectivity index (χ0) is 24.5. The molecule has 180 valence electrons. The van der Waals surface area contributed by atoms with E-state index in [1.54, 1.807) is 0 Å². The summed E-state index contributed by atoms with van der Waals surface area (Å²) < 4.78 is 5.46. The van der Waals surface area contributed by atoms with E-state index < -0.39 is 5.60 Å². The molecule has 0 bridgehead atoms. The molecule has 1 saturated heterocycles. The molecular weight excluding hydrogens is 448 g/mol. The molecule has 4 rings (SSSR count). The molecule has 0 aliphatic carbocycles. The van der Waals surface area contributed by atoms with Crippen LogP contribution in [0.4, 0.5) is 22.0 Å². The number of nitriles is 1. The molecule has 2 aliphatic rings. The minimum absolute atomic E-state index is 0.00823. The summed E-state index contributed by atoms with van der Waals surface area (Å²) in [5, 5.41) is 12.6. The molecule has 34 heavy (non-hydrogen) atoms. The van der Waals surface area contributed by atoms with Crippen molar-refractivity contribution in [2.24, 2.45) is 0 Å². The van der Waals surface area contributed by atoms with E-state index in [0.717, 1.165) is 42.1 Å². The molecule has 2 aromatic rings. The molecule has 2 aliphatic heterocycles. The van der Waals surface area contributed by atoms with Crippen LogP contribution in [0.25, 0.3) is 0 Å². The maximum Gasteiger partial charge on any atom is 0.407 e. The fourth-order valence-corrected chi connectivity index (χ4v) is 4.86. The Bertz CT molecular complexity index is 1100. The Labute approximate surface area is 206 Å². The van der Waals surface area contributed by atoms with Crippen LogP contribution in [0.3, 0.4) is 0 Å². The van der Waals surface area contributed by atoms with Crippen molar-refractivity contribution in [3.05, 3.63) is 47.7 Å². The number of fused-ring (bicyclic) bond motifs is 1. The summed E-state index contributed by atoms with van der Waals surface area (Å²) in [6, 6.07) is 12.0. The topological polar surface area (TPSA) is 84.7 Å². The van der Waals surface area contributed by atoms with Gasteiger partial charge in [0, 0.05) is 38.9 Å². The lowest BCUT2D eigenvalue weighted by molar-refractivity contribution is 0.0500. The highest BCUT2D eigenvalue weighted by Gasteiger charge is 2.37. The minimum atomic E-state index is -0.531. The van der Waals surface area contributed by atoms with Crippen molar-refractivity contribution in [1.29, 1.82) is 5.26 Å². The van der Waals surface area contributed by atoms with Gasteiger partial charge in [0.15, 0.2) is 5.82 Å². The number of hydrogen-bond acceptors (Lipinski definition) is 8. The first-order valence-electron chi connectivity index (χ1n) is 11.6. The van der Waals surface area contributed by atoms with E-state index in [0.29, 0.717) is 18.7 Å².